The van der Waals surface area contributed by atoms with E-state index in [4.69, 9.17) is 22.6 Å². The van der Waals surface area contributed by atoms with Gasteiger partial charge in [-0.05, 0) is 30.2 Å². The van der Waals surface area contributed by atoms with Gasteiger partial charge >= 0.3 is 0 Å². The Morgan fingerprint density at radius 3 is 2.95 bits per heavy atom. The van der Waals surface area contributed by atoms with Crippen molar-refractivity contribution in [2.24, 2.45) is 0 Å². The van der Waals surface area contributed by atoms with Crippen LogP contribution in [-0.2, 0) is 12.8 Å². The van der Waals surface area contributed by atoms with Gasteiger partial charge in [-0.1, -0.05) is 24.9 Å². The smallest absolute Gasteiger partial charge is 0.180 e. The maximum absolute atomic E-state index is 8.94. The summed E-state index contributed by atoms with van der Waals surface area (Å²) in [7, 11) is 0. The van der Waals surface area contributed by atoms with Crippen molar-refractivity contribution < 1.29 is 0 Å². The Kier molecular flexibility index (Phi) is 4.41. The number of hydrogen-bond acceptors (Lipinski definition) is 4. The Morgan fingerprint density at radius 1 is 1.47 bits per heavy atom. The third kappa shape index (κ3) is 3.25. The highest BCUT2D eigenvalue weighted by atomic mass is 35.5. The number of nitrogen functional groups attached to an aromatic ring is 1. The summed E-state index contributed by atoms with van der Waals surface area (Å²) < 4.78 is 0. The van der Waals surface area contributed by atoms with Gasteiger partial charge in [0, 0.05) is 16.3 Å². The monoisotopic (exact) mass is 291 g/mol. The van der Waals surface area contributed by atoms with Gasteiger partial charge in [0.05, 0.1) is 17.3 Å². The third-order valence-electron chi connectivity index (χ3n) is 2.81. The molecule has 19 heavy (non-hydrogen) atoms. The molecule has 0 atom stereocenters. The lowest BCUT2D eigenvalue weighted by molar-refractivity contribution is 0.879. The first-order valence-corrected chi connectivity index (χ1v) is 7.26. The molecule has 0 bridgehead atoms. The van der Waals surface area contributed by atoms with E-state index in [2.05, 4.69) is 18.0 Å². The van der Waals surface area contributed by atoms with Crippen molar-refractivity contribution in [2.45, 2.75) is 26.2 Å². The SMILES string of the molecule is CCCc1nc(N)sc1Cc1cc(C#N)ccc1Cl. The lowest BCUT2D eigenvalue weighted by atomic mass is 10.1. The molecule has 1 aromatic carbocycles. The topological polar surface area (TPSA) is 62.7 Å². The Morgan fingerprint density at radius 2 is 2.26 bits per heavy atom. The number of thiazole rings is 1. The van der Waals surface area contributed by atoms with E-state index in [9.17, 15) is 0 Å². The highest BCUT2D eigenvalue weighted by Crippen LogP contribution is 2.28. The number of halogens is 1. The Bertz CT molecular complexity index is 628. The first kappa shape index (κ1) is 13.9. The number of hydrogen-bond donors (Lipinski definition) is 1. The second kappa shape index (κ2) is 6.05. The van der Waals surface area contributed by atoms with Crippen molar-refractivity contribution in [1.82, 2.24) is 4.98 Å². The first-order valence-electron chi connectivity index (χ1n) is 6.06. The molecule has 0 radical (unpaired) electrons. The molecule has 0 aliphatic rings. The number of anilines is 1. The molecule has 0 saturated carbocycles. The van der Waals surface area contributed by atoms with Crippen LogP contribution in [-0.4, -0.2) is 4.98 Å². The number of aryl methyl sites for hydroxylation is 1. The van der Waals surface area contributed by atoms with Gasteiger partial charge < -0.3 is 5.73 Å². The maximum Gasteiger partial charge on any atom is 0.180 e. The van der Waals surface area contributed by atoms with Crippen LogP contribution >= 0.6 is 22.9 Å². The van der Waals surface area contributed by atoms with Crippen molar-refractivity contribution in [1.29, 1.82) is 5.26 Å². The van der Waals surface area contributed by atoms with Gasteiger partial charge in [0.15, 0.2) is 5.13 Å². The standard InChI is InChI=1S/C14H14ClN3S/c1-2-3-12-13(19-14(17)18-12)7-10-6-9(8-16)4-5-11(10)15/h4-6H,2-3,7H2,1H3,(H2,17,18). The van der Waals surface area contributed by atoms with Crippen LogP contribution in [0.3, 0.4) is 0 Å². The maximum atomic E-state index is 8.94. The number of rotatable bonds is 4. The highest BCUT2D eigenvalue weighted by Gasteiger charge is 2.12. The molecule has 2 N–H and O–H groups in total. The summed E-state index contributed by atoms with van der Waals surface area (Å²) in [5.41, 5.74) is 8.39. The van der Waals surface area contributed by atoms with Gasteiger partial charge in [-0.2, -0.15) is 5.26 Å². The van der Waals surface area contributed by atoms with Crippen molar-refractivity contribution in [3.05, 3.63) is 44.9 Å². The molecule has 0 fully saturated rings. The van der Waals surface area contributed by atoms with Crippen LogP contribution in [0.15, 0.2) is 18.2 Å². The summed E-state index contributed by atoms with van der Waals surface area (Å²) in [5, 5.41) is 10.2. The zero-order valence-corrected chi connectivity index (χ0v) is 12.2. The minimum absolute atomic E-state index is 0.589. The molecule has 0 amide bonds. The average molecular weight is 292 g/mol. The van der Waals surface area contributed by atoms with Crippen molar-refractivity contribution in [2.75, 3.05) is 5.73 Å². The second-order valence-corrected chi connectivity index (χ2v) is 5.79. The zero-order valence-electron chi connectivity index (χ0n) is 10.6. The Labute approximate surface area is 121 Å². The van der Waals surface area contributed by atoms with Crippen LogP contribution in [0.25, 0.3) is 0 Å². The van der Waals surface area contributed by atoms with Gasteiger partial charge in [0.25, 0.3) is 0 Å². The average Bonchev–Trinajstić information content (AvgIpc) is 2.73. The summed E-state index contributed by atoms with van der Waals surface area (Å²) in [5.74, 6) is 0. The molecular weight excluding hydrogens is 278 g/mol. The van der Waals surface area contributed by atoms with Gasteiger partial charge in [-0.15, -0.1) is 11.3 Å². The quantitative estimate of drug-likeness (QED) is 0.932. The van der Waals surface area contributed by atoms with E-state index in [0.717, 1.165) is 29.0 Å². The highest BCUT2D eigenvalue weighted by molar-refractivity contribution is 7.15. The van der Waals surface area contributed by atoms with Crippen molar-refractivity contribution in [3.8, 4) is 6.07 Å². The van der Waals surface area contributed by atoms with Crippen LogP contribution < -0.4 is 5.73 Å². The van der Waals surface area contributed by atoms with E-state index in [-0.39, 0.29) is 0 Å². The molecule has 2 aromatic rings. The molecule has 0 aliphatic heterocycles. The lowest BCUT2D eigenvalue weighted by Gasteiger charge is -2.04. The second-order valence-electron chi connectivity index (χ2n) is 4.27. The van der Waals surface area contributed by atoms with Crippen molar-refractivity contribution >= 4 is 28.1 Å². The van der Waals surface area contributed by atoms with Crippen LogP contribution in [0.2, 0.25) is 5.02 Å². The fraction of sp³-hybridized carbons (Fsp3) is 0.286. The van der Waals surface area contributed by atoms with Crippen LogP contribution in [0.1, 0.15) is 35.0 Å². The molecule has 0 aliphatic carbocycles. The third-order valence-corrected chi connectivity index (χ3v) is 4.10. The van der Waals surface area contributed by atoms with Gasteiger partial charge in [0.1, 0.15) is 0 Å². The van der Waals surface area contributed by atoms with E-state index in [1.165, 1.54) is 11.3 Å². The minimum Gasteiger partial charge on any atom is -0.375 e. The molecule has 98 valence electrons. The summed E-state index contributed by atoms with van der Waals surface area (Å²) in [6, 6.07) is 7.44. The summed E-state index contributed by atoms with van der Waals surface area (Å²) in [6.45, 7) is 2.11. The van der Waals surface area contributed by atoms with E-state index in [1.54, 1.807) is 12.1 Å². The van der Waals surface area contributed by atoms with Crippen LogP contribution in [0.4, 0.5) is 5.13 Å². The van der Waals surface area contributed by atoms with Gasteiger partial charge in [-0.3, -0.25) is 0 Å². The lowest BCUT2D eigenvalue weighted by Crippen LogP contribution is -1.94. The Balaban J connectivity index is 2.33. The zero-order chi connectivity index (χ0) is 13.8. The van der Waals surface area contributed by atoms with Crippen LogP contribution in [0, 0.1) is 11.3 Å². The van der Waals surface area contributed by atoms with E-state index in [1.807, 2.05) is 6.07 Å². The molecule has 0 saturated heterocycles. The number of aromatic nitrogens is 1. The molecule has 0 spiro atoms. The molecule has 3 nitrogen and oxygen atoms in total. The van der Waals surface area contributed by atoms with E-state index in [0.29, 0.717) is 22.1 Å². The molecular formula is C14H14ClN3S. The van der Waals surface area contributed by atoms with E-state index >= 15 is 0 Å². The molecule has 2 rings (SSSR count). The molecule has 5 heteroatoms. The summed E-state index contributed by atoms with van der Waals surface area (Å²) >= 11 is 7.68. The minimum atomic E-state index is 0.589. The van der Waals surface area contributed by atoms with Gasteiger partial charge in [-0.25, -0.2) is 4.98 Å². The fourth-order valence-corrected chi connectivity index (χ4v) is 3.01. The van der Waals surface area contributed by atoms with E-state index < -0.39 is 0 Å². The van der Waals surface area contributed by atoms with Gasteiger partial charge in [0.2, 0.25) is 0 Å². The summed E-state index contributed by atoms with van der Waals surface area (Å²) in [6.07, 6.45) is 2.62. The van der Waals surface area contributed by atoms with Crippen molar-refractivity contribution in [3.63, 3.8) is 0 Å². The number of nitrogens with two attached hydrogens (primary N) is 1. The largest absolute Gasteiger partial charge is 0.375 e. The molecule has 1 aromatic heterocycles. The first-order chi connectivity index (χ1) is 9.13. The fourth-order valence-electron chi connectivity index (χ4n) is 1.93. The predicted octanol–water partition coefficient (Wildman–Crippen LogP) is 3.79. The normalized spacial score (nSPS) is 10.4. The summed E-state index contributed by atoms with van der Waals surface area (Å²) in [4.78, 5) is 5.49. The molecule has 1 heterocycles. The Hall–Kier alpha value is -1.57. The number of nitriles is 1. The molecule has 0 unspecified atom stereocenters. The number of nitrogens with zero attached hydrogens (tertiary/aromatic N) is 2. The van der Waals surface area contributed by atoms with Crippen LogP contribution in [0.5, 0.6) is 0 Å². The predicted molar refractivity (Wildman–Crippen MR) is 79.5 cm³/mol. The number of benzene rings is 1.